The highest BCUT2D eigenvalue weighted by atomic mass is 19.2. The molecular formula is C11H14F2O2. The van der Waals surface area contributed by atoms with Gasteiger partial charge in [0.25, 0.3) is 0 Å². The Hall–Kier alpha value is -1.00. The van der Waals surface area contributed by atoms with E-state index in [-0.39, 0.29) is 12.0 Å². The Balaban J connectivity index is 2.65. The van der Waals surface area contributed by atoms with Gasteiger partial charge in [-0.15, -0.1) is 0 Å². The summed E-state index contributed by atoms with van der Waals surface area (Å²) >= 11 is 0. The quantitative estimate of drug-likeness (QED) is 0.766. The molecule has 0 heterocycles. The molecule has 0 saturated heterocycles. The summed E-state index contributed by atoms with van der Waals surface area (Å²) in [5, 5.41) is 9.57. The molecule has 1 aromatic rings. The van der Waals surface area contributed by atoms with Crippen molar-refractivity contribution in [1.29, 1.82) is 0 Å². The fourth-order valence-corrected chi connectivity index (χ4v) is 1.27. The van der Waals surface area contributed by atoms with Crippen LogP contribution in [0, 0.1) is 11.6 Å². The van der Waals surface area contributed by atoms with Gasteiger partial charge in [0.1, 0.15) is 0 Å². The Morgan fingerprint density at radius 3 is 2.80 bits per heavy atom. The van der Waals surface area contributed by atoms with Gasteiger partial charge in [0, 0.05) is 25.2 Å². The Morgan fingerprint density at radius 2 is 2.13 bits per heavy atom. The normalized spacial score (nSPS) is 12.8. The van der Waals surface area contributed by atoms with Crippen LogP contribution in [0.1, 0.15) is 25.0 Å². The van der Waals surface area contributed by atoms with E-state index in [1.165, 1.54) is 12.1 Å². The molecular weight excluding hydrogens is 202 g/mol. The third-order valence-electron chi connectivity index (χ3n) is 2.08. The maximum Gasteiger partial charge on any atom is 0.164 e. The highest BCUT2D eigenvalue weighted by Crippen LogP contribution is 2.21. The summed E-state index contributed by atoms with van der Waals surface area (Å²) in [4.78, 5) is 0. The minimum absolute atomic E-state index is 0.0188. The zero-order valence-electron chi connectivity index (χ0n) is 8.54. The molecule has 0 fully saturated rings. The van der Waals surface area contributed by atoms with Crippen LogP contribution in [-0.4, -0.2) is 18.3 Å². The summed E-state index contributed by atoms with van der Waals surface area (Å²) in [6.07, 6.45) is -0.763. The first kappa shape index (κ1) is 12.1. The lowest BCUT2D eigenvalue weighted by atomic mass is 10.1. The van der Waals surface area contributed by atoms with Gasteiger partial charge in [0.05, 0.1) is 6.10 Å². The molecule has 0 aliphatic heterocycles. The first-order chi connectivity index (χ1) is 7.16. The van der Waals surface area contributed by atoms with Gasteiger partial charge in [0.15, 0.2) is 11.6 Å². The van der Waals surface area contributed by atoms with Crippen LogP contribution in [-0.2, 0) is 4.74 Å². The van der Waals surface area contributed by atoms with Gasteiger partial charge in [-0.1, -0.05) is 12.1 Å². The van der Waals surface area contributed by atoms with Crippen molar-refractivity contribution in [3.8, 4) is 0 Å². The molecule has 0 aromatic heterocycles. The number of halogens is 2. The van der Waals surface area contributed by atoms with Crippen LogP contribution in [0.3, 0.4) is 0 Å². The fraction of sp³-hybridized carbons (Fsp3) is 0.455. The summed E-state index contributed by atoms with van der Waals surface area (Å²) in [6.45, 7) is 2.70. The molecule has 2 nitrogen and oxygen atoms in total. The summed E-state index contributed by atoms with van der Waals surface area (Å²) in [5.74, 6) is -1.93. The third-order valence-corrected chi connectivity index (χ3v) is 2.08. The average molecular weight is 216 g/mol. The third kappa shape index (κ3) is 3.25. The number of aliphatic hydroxyl groups excluding tert-OH is 1. The van der Waals surface area contributed by atoms with E-state index < -0.39 is 17.7 Å². The Morgan fingerprint density at radius 1 is 1.40 bits per heavy atom. The molecule has 4 heteroatoms. The second kappa shape index (κ2) is 5.78. The van der Waals surface area contributed by atoms with Gasteiger partial charge in [-0.2, -0.15) is 0 Å². The molecule has 0 radical (unpaired) electrons. The maximum absolute atomic E-state index is 13.2. The summed E-state index contributed by atoms with van der Waals surface area (Å²) < 4.78 is 31.0. The Kier molecular flexibility index (Phi) is 4.65. The van der Waals surface area contributed by atoms with E-state index in [1.807, 2.05) is 6.92 Å². The molecule has 15 heavy (non-hydrogen) atoms. The van der Waals surface area contributed by atoms with Crippen LogP contribution < -0.4 is 0 Å². The van der Waals surface area contributed by atoms with E-state index in [4.69, 9.17) is 4.74 Å². The zero-order valence-corrected chi connectivity index (χ0v) is 8.54. The van der Waals surface area contributed by atoms with Gasteiger partial charge < -0.3 is 9.84 Å². The van der Waals surface area contributed by atoms with E-state index in [0.717, 1.165) is 6.07 Å². The molecule has 1 atom stereocenters. The predicted octanol–water partition coefficient (Wildman–Crippen LogP) is 2.42. The lowest BCUT2D eigenvalue weighted by Crippen LogP contribution is -2.06. The van der Waals surface area contributed by atoms with Crippen LogP contribution in [0.2, 0.25) is 0 Å². The molecule has 0 aliphatic rings. The number of aliphatic hydroxyl groups is 1. The first-order valence-corrected chi connectivity index (χ1v) is 4.86. The second-order valence-electron chi connectivity index (χ2n) is 3.14. The van der Waals surface area contributed by atoms with Crippen LogP contribution >= 0.6 is 0 Å². The van der Waals surface area contributed by atoms with Crippen molar-refractivity contribution in [3.63, 3.8) is 0 Å². The predicted molar refractivity (Wildman–Crippen MR) is 52.4 cm³/mol. The first-order valence-electron chi connectivity index (χ1n) is 4.86. The SMILES string of the molecule is CCOCCC(O)c1cccc(F)c1F. The van der Waals surface area contributed by atoms with Crippen molar-refractivity contribution >= 4 is 0 Å². The zero-order chi connectivity index (χ0) is 11.3. The smallest absolute Gasteiger partial charge is 0.164 e. The van der Waals surface area contributed by atoms with Crippen molar-refractivity contribution in [3.05, 3.63) is 35.4 Å². The van der Waals surface area contributed by atoms with Crippen LogP contribution in [0.25, 0.3) is 0 Å². The maximum atomic E-state index is 13.2. The molecule has 0 spiro atoms. The number of benzene rings is 1. The largest absolute Gasteiger partial charge is 0.388 e. The Labute approximate surface area is 87.5 Å². The molecule has 1 rings (SSSR count). The molecule has 1 unspecified atom stereocenters. The average Bonchev–Trinajstić information content (AvgIpc) is 2.22. The number of ether oxygens (including phenoxy) is 1. The molecule has 84 valence electrons. The number of hydrogen-bond acceptors (Lipinski definition) is 2. The molecule has 0 bridgehead atoms. The molecule has 0 aliphatic carbocycles. The van der Waals surface area contributed by atoms with E-state index in [2.05, 4.69) is 0 Å². The molecule has 1 aromatic carbocycles. The van der Waals surface area contributed by atoms with Crippen molar-refractivity contribution in [2.75, 3.05) is 13.2 Å². The standard InChI is InChI=1S/C11H14F2O2/c1-2-15-7-6-10(14)8-4-3-5-9(12)11(8)13/h3-5,10,14H,2,6-7H2,1H3. The topological polar surface area (TPSA) is 29.5 Å². The van der Waals surface area contributed by atoms with Crippen LogP contribution in [0.15, 0.2) is 18.2 Å². The minimum atomic E-state index is -1.02. The van der Waals surface area contributed by atoms with Crippen LogP contribution in [0.5, 0.6) is 0 Å². The molecule has 1 N–H and O–H groups in total. The summed E-state index contributed by atoms with van der Waals surface area (Å²) in [5.41, 5.74) is -0.0188. The molecule has 0 amide bonds. The van der Waals surface area contributed by atoms with Crippen molar-refractivity contribution in [2.45, 2.75) is 19.4 Å². The highest BCUT2D eigenvalue weighted by Gasteiger charge is 2.15. The number of hydrogen-bond donors (Lipinski definition) is 1. The van der Waals surface area contributed by atoms with Gasteiger partial charge in [-0.3, -0.25) is 0 Å². The lowest BCUT2D eigenvalue weighted by molar-refractivity contribution is 0.0865. The highest BCUT2D eigenvalue weighted by molar-refractivity contribution is 5.21. The van der Waals surface area contributed by atoms with E-state index in [0.29, 0.717) is 13.2 Å². The van der Waals surface area contributed by atoms with Gasteiger partial charge >= 0.3 is 0 Å². The number of rotatable bonds is 5. The monoisotopic (exact) mass is 216 g/mol. The van der Waals surface area contributed by atoms with E-state index in [9.17, 15) is 13.9 Å². The summed E-state index contributed by atoms with van der Waals surface area (Å²) in [6, 6.07) is 3.76. The van der Waals surface area contributed by atoms with Gasteiger partial charge in [0.2, 0.25) is 0 Å². The minimum Gasteiger partial charge on any atom is -0.388 e. The van der Waals surface area contributed by atoms with Crippen LogP contribution in [0.4, 0.5) is 8.78 Å². The fourth-order valence-electron chi connectivity index (χ4n) is 1.27. The van der Waals surface area contributed by atoms with E-state index >= 15 is 0 Å². The van der Waals surface area contributed by atoms with Crippen molar-refractivity contribution in [2.24, 2.45) is 0 Å². The van der Waals surface area contributed by atoms with Gasteiger partial charge in [-0.05, 0) is 13.0 Å². The van der Waals surface area contributed by atoms with Gasteiger partial charge in [-0.25, -0.2) is 8.78 Å². The van der Waals surface area contributed by atoms with E-state index in [1.54, 1.807) is 0 Å². The lowest BCUT2D eigenvalue weighted by Gasteiger charge is -2.11. The van der Waals surface area contributed by atoms with Crippen molar-refractivity contribution < 1.29 is 18.6 Å². The molecule has 0 saturated carbocycles. The Bertz CT molecular complexity index is 315. The second-order valence-corrected chi connectivity index (χ2v) is 3.14. The van der Waals surface area contributed by atoms with Crippen molar-refractivity contribution in [1.82, 2.24) is 0 Å². The summed E-state index contributed by atoms with van der Waals surface area (Å²) in [7, 11) is 0.